The van der Waals surface area contributed by atoms with Gasteiger partial charge in [-0.2, -0.15) is 0 Å². The first kappa shape index (κ1) is 15.5. The summed E-state index contributed by atoms with van der Waals surface area (Å²) in [5.74, 6) is -0.492. The smallest absolute Gasteiger partial charge is 0.254 e. The van der Waals surface area contributed by atoms with E-state index in [-0.39, 0.29) is 17.8 Å². The van der Waals surface area contributed by atoms with Crippen molar-refractivity contribution in [2.75, 3.05) is 25.5 Å². The molecule has 1 aromatic carbocycles. The van der Waals surface area contributed by atoms with Crippen LogP contribution < -0.4 is 4.90 Å². The molecule has 5 heteroatoms. The third-order valence-corrected chi connectivity index (χ3v) is 4.28. The molecule has 1 atom stereocenters. The normalized spacial score (nSPS) is 17.3. The van der Waals surface area contributed by atoms with E-state index in [0.717, 1.165) is 18.4 Å². The third-order valence-electron chi connectivity index (χ3n) is 4.28. The van der Waals surface area contributed by atoms with Crippen LogP contribution in [-0.2, 0) is 0 Å². The van der Waals surface area contributed by atoms with E-state index in [1.165, 1.54) is 6.07 Å². The van der Waals surface area contributed by atoms with Crippen LogP contribution >= 0.6 is 0 Å². The lowest BCUT2D eigenvalue weighted by molar-refractivity contribution is 0.0735. The summed E-state index contributed by atoms with van der Waals surface area (Å²) in [7, 11) is 3.56. The fourth-order valence-electron chi connectivity index (χ4n) is 3.11. The summed E-state index contributed by atoms with van der Waals surface area (Å²) in [5.41, 5.74) is 1.96. The number of benzene rings is 1. The Morgan fingerprint density at radius 2 is 2.00 bits per heavy atom. The lowest BCUT2D eigenvalue weighted by atomic mass is 10.1. The topological polar surface area (TPSA) is 36.4 Å². The van der Waals surface area contributed by atoms with Crippen molar-refractivity contribution in [2.45, 2.75) is 18.9 Å². The molecule has 1 aliphatic rings. The average molecular weight is 313 g/mol. The Morgan fingerprint density at radius 1 is 1.26 bits per heavy atom. The zero-order valence-electron chi connectivity index (χ0n) is 13.4. The van der Waals surface area contributed by atoms with Gasteiger partial charge in [-0.15, -0.1) is 0 Å². The lowest BCUT2D eigenvalue weighted by Gasteiger charge is -2.25. The van der Waals surface area contributed by atoms with Crippen LogP contribution in [0, 0.1) is 5.82 Å². The van der Waals surface area contributed by atoms with Crippen molar-refractivity contribution in [1.82, 2.24) is 9.88 Å². The predicted octanol–water partition coefficient (Wildman–Crippen LogP) is 3.26. The number of carbonyl (C=O) groups is 1. The van der Waals surface area contributed by atoms with Gasteiger partial charge in [-0.1, -0.05) is 0 Å². The highest BCUT2D eigenvalue weighted by molar-refractivity contribution is 5.95. The molecular formula is C18H20FN3O. The average Bonchev–Trinajstić information content (AvgIpc) is 3.04. The number of hydrogen-bond acceptors (Lipinski definition) is 3. The summed E-state index contributed by atoms with van der Waals surface area (Å²) < 4.78 is 14.1. The van der Waals surface area contributed by atoms with Gasteiger partial charge in [0.15, 0.2) is 0 Å². The number of anilines is 1. The molecule has 120 valence electrons. The number of aromatic nitrogens is 1. The summed E-state index contributed by atoms with van der Waals surface area (Å²) in [6.07, 6.45) is 5.36. The molecule has 2 aromatic rings. The van der Waals surface area contributed by atoms with E-state index in [1.54, 1.807) is 43.5 Å². The van der Waals surface area contributed by atoms with Gasteiger partial charge >= 0.3 is 0 Å². The van der Waals surface area contributed by atoms with Gasteiger partial charge in [0, 0.05) is 38.6 Å². The number of amides is 1. The Kier molecular flexibility index (Phi) is 4.28. The van der Waals surface area contributed by atoms with Crippen LogP contribution in [0.1, 0.15) is 34.8 Å². The van der Waals surface area contributed by atoms with E-state index >= 15 is 0 Å². The van der Waals surface area contributed by atoms with Crippen molar-refractivity contribution in [3.05, 3.63) is 59.7 Å². The van der Waals surface area contributed by atoms with E-state index in [1.807, 2.05) is 17.0 Å². The number of pyridine rings is 1. The first-order chi connectivity index (χ1) is 11.1. The van der Waals surface area contributed by atoms with Gasteiger partial charge in [0.05, 0.1) is 11.7 Å². The van der Waals surface area contributed by atoms with Crippen molar-refractivity contribution in [3.8, 4) is 0 Å². The minimum atomic E-state index is -0.375. The summed E-state index contributed by atoms with van der Waals surface area (Å²) in [5, 5.41) is 0. The molecule has 1 aliphatic heterocycles. The lowest BCUT2D eigenvalue weighted by Crippen LogP contribution is -2.30. The highest BCUT2D eigenvalue weighted by Crippen LogP contribution is 2.33. The Labute approximate surface area is 135 Å². The molecule has 0 radical (unpaired) electrons. The standard InChI is InChI=1S/C18H20FN3O/c1-21(2)17-6-5-14(12-15(17)19)18(23)22-11-3-4-16(22)13-7-9-20-10-8-13/h5-10,12,16H,3-4,11H2,1-2H3/t16-/m1/s1. The van der Waals surface area contributed by atoms with Gasteiger partial charge in [-0.3, -0.25) is 9.78 Å². The molecule has 0 unspecified atom stereocenters. The van der Waals surface area contributed by atoms with Gasteiger partial charge in [-0.25, -0.2) is 4.39 Å². The molecule has 0 aliphatic carbocycles. The number of halogens is 1. The van der Waals surface area contributed by atoms with Gasteiger partial charge < -0.3 is 9.80 Å². The summed E-state index contributed by atoms with van der Waals surface area (Å²) in [6.45, 7) is 0.697. The second-order valence-electron chi connectivity index (χ2n) is 6.00. The molecule has 0 saturated carbocycles. The minimum Gasteiger partial charge on any atom is -0.375 e. The van der Waals surface area contributed by atoms with Gasteiger partial charge in [-0.05, 0) is 48.7 Å². The van der Waals surface area contributed by atoms with Crippen molar-refractivity contribution in [3.63, 3.8) is 0 Å². The van der Waals surface area contributed by atoms with Crippen LogP contribution in [0.2, 0.25) is 0 Å². The molecule has 1 fully saturated rings. The summed E-state index contributed by atoms with van der Waals surface area (Å²) in [4.78, 5) is 20.3. The van der Waals surface area contributed by atoms with Crippen molar-refractivity contribution >= 4 is 11.6 Å². The van der Waals surface area contributed by atoms with E-state index in [9.17, 15) is 9.18 Å². The molecule has 1 aromatic heterocycles. The van der Waals surface area contributed by atoms with E-state index in [4.69, 9.17) is 0 Å². The number of carbonyl (C=O) groups excluding carboxylic acids is 1. The maximum atomic E-state index is 14.1. The van der Waals surface area contributed by atoms with Crippen molar-refractivity contribution in [1.29, 1.82) is 0 Å². The van der Waals surface area contributed by atoms with Crippen molar-refractivity contribution < 1.29 is 9.18 Å². The Bertz CT molecular complexity index is 703. The van der Waals surface area contributed by atoms with E-state index in [0.29, 0.717) is 17.8 Å². The largest absolute Gasteiger partial charge is 0.375 e. The monoisotopic (exact) mass is 313 g/mol. The van der Waals surface area contributed by atoms with Crippen LogP contribution in [0.5, 0.6) is 0 Å². The molecule has 0 bridgehead atoms. The molecule has 1 amide bonds. The Morgan fingerprint density at radius 3 is 2.65 bits per heavy atom. The number of likely N-dealkylation sites (tertiary alicyclic amines) is 1. The molecular weight excluding hydrogens is 293 g/mol. The van der Waals surface area contributed by atoms with E-state index < -0.39 is 0 Å². The zero-order valence-corrected chi connectivity index (χ0v) is 13.4. The zero-order chi connectivity index (χ0) is 16.4. The van der Waals surface area contributed by atoms with Crippen molar-refractivity contribution in [2.24, 2.45) is 0 Å². The van der Waals surface area contributed by atoms with E-state index in [2.05, 4.69) is 4.98 Å². The van der Waals surface area contributed by atoms with Gasteiger partial charge in [0.2, 0.25) is 0 Å². The van der Waals surface area contributed by atoms with Crippen LogP contribution in [0.25, 0.3) is 0 Å². The third kappa shape index (κ3) is 3.04. The quantitative estimate of drug-likeness (QED) is 0.872. The Hall–Kier alpha value is -2.43. The number of rotatable bonds is 3. The maximum Gasteiger partial charge on any atom is 0.254 e. The Balaban J connectivity index is 1.86. The molecule has 0 spiro atoms. The summed E-state index contributed by atoms with van der Waals surface area (Å²) >= 11 is 0. The second kappa shape index (κ2) is 6.36. The van der Waals surface area contributed by atoms with Crippen LogP contribution in [-0.4, -0.2) is 36.4 Å². The molecule has 3 rings (SSSR count). The van der Waals surface area contributed by atoms with Gasteiger partial charge in [0.1, 0.15) is 5.82 Å². The predicted molar refractivity (Wildman–Crippen MR) is 88.0 cm³/mol. The fraction of sp³-hybridized carbons (Fsp3) is 0.333. The number of hydrogen-bond donors (Lipinski definition) is 0. The van der Waals surface area contributed by atoms with Crippen LogP contribution in [0.15, 0.2) is 42.7 Å². The highest BCUT2D eigenvalue weighted by Gasteiger charge is 2.30. The summed E-state index contributed by atoms with van der Waals surface area (Å²) in [6, 6.07) is 8.60. The first-order valence-corrected chi connectivity index (χ1v) is 7.75. The molecule has 23 heavy (non-hydrogen) atoms. The maximum absolute atomic E-state index is 14.1. The second-order valence-corrected chi connectivity index (χ2v) is 6.00. The minimum absolute atomic E-state index is 0.0436. The first-order valence-electron chi connectivity index (χ1n) is 7.75. The van der Waals surface area contributed by atoms with Crippen LogP contribution in [0.3, 0.4) is 0 Å². The molecule has 4 nitrogen and oxygen atoms in total. The van der Waals surface area contributed by atoms with Gasteiger partial charge in [0.25, 0.3) is 5.91 Å². The SMILES string of the molecule is CN(C)c1ccc(C(=O)N2CCC[C@@H]2c2ccncc2)cc1F. The number of nitrogens with zero attached hydrogens (tertiary/aromatic N) is 3. The molecule has 1 saturated heterocycles. The molecule has 0 N–H and O–H groups in total. The highest BCUT2D eigenvalue weighted by atomic mass is 19.1. The fourth-order valence-corrected chi connectivity index (χ4v) is 3.11. The molecule has 2 heterocycles. The van der Waals surface area contributed by atoms with Crippen LogP contribution in [0.4, 0.5) is 10.1 Å².